The summed E-state index contributed by atoms with van der Waals surface area (Å²) >= 11 is 0. The number of aliphatic hydroxyl groups is 1. The highest BCUT2D eigenvalue weighted by Gasteiger charge is 2.39. The third-order valence-electron chi connectivity index (χ3n) is 9.68. The number of benzene rings is 4. The molecule has 0 saturated heterocycles. The Hall–Kier alpha value is -6.85. The number of carbonyl (C=O) groups excluding carboxylic acids is 3. The minimum atomic E-state index is -4.75. The lowest BCUT2D eigenvalue weighted by Crippen LogP contribution is -2.44. The predicted octanol–water partition coefficient (Wildman–Crippen LogP) is 10.4. The van der Waals surface area contributed by atoms with Gasteiger partial charge in [-0.25, -0.2) is 18.5 Å². The van der Waals surface area contributed by atoms with Gasteiger partial charge in [0.1, 0.15) is 17.2 Å². The molecule has 0 aliphatic rings. The number of fused-ring (bicyclic) bond motifs is 2. The second-order valence-electron chi connectivity index (χ2n) is 14.5. The Kier molecular flexibility index (Phi) is 12.9. The van der Waals surface area contributed by atoms with Crippen LogP contribution in [0.2, 0.25) is 0 Å². The molecule has 17 heteroatoms. The Balaban J connectivity index is 0.000000232. The lowest BCUT2D eigenvalue weighted by molar-refractivity contribution is -0.165. The second kappa shape index (κ2) is 17.4. The number of halogens is 8. The van der Waals surface area contributed by atoms with Crippen LogP contribution < -0.4 is 0 Å². The first kappa shape index (κ1) is 45.2. The summed E-state index contributed by atoms with van der Waals surface area (Å²) in [5, 5.41) is 11.8. The number of nitrogens with zero attached hydrogens (tertiary/aromatic N) is 4. The van der Waals surface area contributed by atoms with Gasteiger partial charge >= 0.3 is 18.3 Å². The molecular formula is C44H34F8N4O5. The van der Waals surface area contributed by atoms with Crippen molar-refractivity contribution >= 4 is 50.7 Å². The highest BCUT2D eigenvalue weighted by atomic mass is 19.4. The number of alkyl halides is 6. The topological polar surface area (TPSA) is 99.2 Å². The summed E-state index contributed by atoms with van der Waals surface area (Å²) in [4.78, 5) is 43.2. The molecule has 1 N–H and O–H groups in total. The molecule has 6 rings (SSSR count). The normalized spacial score (nSPS) is 13.6. The molecule has 0 amide bonds. The van der Waals surface area contributed by atoms with Gasteiger partial charge in [-0.1, -0.05) is 36.4 Å². The highest BCUT2D eigenvalue weighted by molar-refractivity contribution is 5.91. The van der Waals surface area contributed by atoms with E-state index in [4.69, 9.17) is 17.9 Å². The minimum Gasteiger partial charge on any atom is -0.450 e. The van der Waals surface area contributed by atoms with E-state index >= 15 is 0 Å². The van der Waals surface area contributed by atoms with Crippen LogP contribution in [0, 0.1) is 24.8 Å². The number of ether oxygens (including phenoxy) is 1. The van der Waals surface area contributed by atoms with E-state index in [2.05, 4.69) is 9.69 Å². The monoisotopic (exact) mass is 850 g/mol. The molecule has 0 aliphatic heterocycles. The van der Waals surface area contributed by atoms with Crippen LogP contribution in [-0.4, -0.2) is 43.0 Å². The van der Waals surface area contributed by atoms with Crippen molar-refractivity contribution in [2.24, 2.45) is 0 Å². The molecule has 0 radical (unpaired) electrons. The molecule has 0 aliphatic carbocycles. The first-order chi connectivity index (χ1) is 28.4. The molecule has 0 spiro atoms. The molecule has 2 atom stereocenters. The fourth-order valence-corrected chi connectivity index (χ4v) is 6.64. The molecule has 9 nitrogen and oxygen atoms in total. The molecule has 4 aromatic carbocycles. The Morgan fingerprint density at radius 3 is 1.48 bits per heavy atom. The van der Waals surface area contributed by atoms with Crippen molar-refractivity contribution in [1.29, 1.82) is 0 Å². The molecule has 2 aromatic heterocycles. The SMILES string of the molecule is [C-]#[N+]c1ccc(CC(=O)[C@@](C)(O)Cn2ccc3cc(F)ccc32)cc1C(F)(F)F.[C-]#[N+]c1ccc(CC(=O)[C@](C)(Cn2ccc3cc(F)ccc32)OC(C)=O)cc1C(F)(F)F. The number of hydrogen-bond donors (Lipinski definition) is 1. The van der Waals surface area contributed by atoms with Gasteiger partial charge in [0.2, 0.25) is 0 Å². The average molecular weight is 851 g/mol. The van der Waals surface area contributed by atoms with Crippen molar-refractivity contribution < 1.29 is 59.4 Å². The molecule has 0 fully saturated rings. The molecule has 61 heavy (non-hydrogen) atoms. The number of aromatic nitrogens is 2. The zero-order chi connectivity index (χ0) is 45.1. The summed E-state index contributed by atoms with van der Waals surface area (Å²) in [5.74, 6) is -2.88. The summed E-state index contributed by atoms with van der Waals surface area (Å²) in [6.45, 7) is 17.3. The van der Waals surface area contributed by atoms with E-state index in [1.807, 2.05) is 0 Å². The van der Waals surface area contributed by atoms with Gasteiger partial charge in [-0.3, -0.25) is 14.4 Å². The van der Waals surface area contributed by atoms with Crippen LogP contribution in [0.5, 0.6) is 0 Å². The van der Waals surface area contributed by atoms with E-state index in [-0.39, 0.29) is 24.2 Å². The fraction of sp³-hybridized carbons (Fsp3) is 0.250. The minimum absolute atomic E-state index is 0.0348. The van der Waals surface area contributed by atoms with Crippen LogP contribution >= 0.6 is 0 Å². The maximum absolute atomic E-state index is 13.5. The van der Waals surface area contributed by atoms with Gasteiger partial charge in [0.15, 0.2) is 28.5 Å². The summed E-state index contributed by atoms with van der Waals surface area (Å²) in [7, 11) is 0. The number of ketones is 2. The summed E-state index contributed by atoms with van der Waals surface area (Å²) in [5.41, 5.74) is -5.63. The van der Waals surface area contributed by atoms with Gasteiger partial charge < -0.3 is 19.0 Å². The van der Waals surface area contributed by atoms with Crippen molar-refractivity contribution in [1.82, 2.24) is 9.13 Å². The first-order valence-electron chi connectivity index (χ1n) is 18.1. The van der Waals surface area contributed by atoms with E-state index in [1.54, 1.807) is 33.7 Å². The number of rotatable bonds is 11. The van der Waals surface area contributed by atoms with Gasteiger partial charge in [0.25, 0.3) is 0 Å². The quantitative estimate of drug-likeness (QED) is 0.0795. The Morgan fingerprint density at radius 2 is 1.07 bits per heavy atom. The van der Waals surface area contributed by atoms with Crippen LogP contribution in [0.3, 0.4) is 0 Å². The Morgan fingerprint density at radius 1 is 0.639 bits per heavy atom. The largest absolute Gasteiger partial charge is 0.450 e. The van der Waals surface area contributed by atoms with E-state index in [1.165, 1.54) is 62.4 Å². The maximum atomic E-state index is 13.5. The lowest BCUT2D eigenvalue weighted by atomic mass is 9.93. The van der Waals surface area contributed by atoms with E-state index in [0.717, 1.165) is 31.2 Å². The molecule has 0 saturated carbocycles. The van der Waals surface area contributed by atoms with Crippen LogP contribution in [0.4, 0.5) is 46.5 Å². The Bertz CT molecular complexity index is 2740. The molecule has 6 aromatic rings. The van der Waals surface area contributed by atoms with Crippen molar-refractivity contribution in [2.45, 2.75) is 70.3 Å². The molecule has 2 heterocycles. The van der Waals surface area contributed by atoms with Crippen molar-refractivity contribution in [2.75, 3.05) is 0 Å². The number of carbonyl (C=O) groups is 3. The van der Waals surface area contributed by atoms with Gasteiger partial charge in [0.05, 0.1) is 37.4 Å². The molecule has 316 valence electrons. The number of esters is 1. The maximum Gasteiger partial charge on any atom is 0.407 e. The third-order valence-corrected chi connectivity index (χ3v) is 9.68. The molecule has 0 unspecified atom stereocenters. The van der Waals surface area contributed by atoms with Gasteiger partial charge in [-0.2, -0.15) is 26.3 Å². The Labute approximate surface area is 343 Å². The lowest BCUT2D eigenvalue weighted by Gasteiger charge is -2.29. The van der Waals surface area contributed by atoms with E-state index in [0.29, 0.717) is 21.8 Å². The van der Waals surface area contributed by atoms with Crippen LogP contribution in [0.1, 0.15) is 43.0 Å². The standard InChI is InChI=1S/C23H18F4N2O3.C21H16F4N2O2/c1-14(30)32-22(2,13-29-9-8-16-12-17(24)5-7-20(16)29)21(31)11-15-4-6-19(28-3)18(10-15)23(25,26)27;1-20(29,12-27-8-7-14-11-15(22)4-6-18(14)27)19(28)10-13-3-5-17(26-2)16(9-13)21(23,24)25/h4-10,12H,11,13H2,1-2H3;3-9,11,29H,10,12H2,1H3/t22-;20-/m00/s1. The summed E-state index contributed by atoms with van der Waals surface area (Å²) in [6, 6.07) is 17.5. The number of Topliss-reactive ketones (excluding diaryl/α,β-unsaturated/α-hetero) is 2. The highest BCUT2D eigenvalue weighted by Crippen LogP contribution is 2.39. The van der Waals surface area contributed by atoms with Gasteiger partial charge in [-0.15, -0.1) is 0 Å². The van der Waals surface area contributed by atoms with Crippen LogP contribution in [0.25, 0.3) is 31.5 Å². The zero-order valence-corrected chi connectivity index (χ0v) is 32.5. The first-order valence-corrected chi connectivity index (χ1v) is 18.1. The fourth-order valence-electron chi connectivity index (χ4n) is 6.64. The van der Waals surface area contributed by atoms with E-state index in [9.17, 15) is 54.6 Å². The third kappa shape index (κ3) is 10.7. The van der Waals surface area contributed by atoms with Crippen molar-refractivity contribution in [3.63, 3.8) is 0 Å². The van der Waals surface area contributed by atoms with Gasteiger partial charge in [-0.05, 0) is 73.5 Å². The number of hydrogen-bond acceptors (Lipinski definition) is 5. The summed E-state index contributed by atoms with van der Waals surface area (Å²) < 4.78 is 114. The summed E-state index contributed by atoms with van der Waals surface area (Å²) in [6.07, 6.45) is -7.15. The van der Waals surface area contributed by atoms with Crippen LogP contribution in [-0.2, 0) is 57.4 Å². The second-order valence-corrected chi connectivity index (χ2v) is 14.5. The average Bonchev–Trinajstić information content (AvgIpc) is 3.75. The van der Waals surface area contributed by atoms with Crippen LogP contribution in [0.15, 0.2) is 97.3 Å². The molecular weight excluding hydrogens is 816 g/mol. The zero-order valence-electron chi connectivity index (χ0n) is 32.5. The van der Waals surface area contributed by atoms with Crippen molar-refractivity contribution in [3.05, 3.63) is 154 Å². The van der Waals surface area contributed by atoms with Gasteiger partial charge in [0, 0.05) is 54.0 Å². The predicted molar refractivity (Wildman–Crippen MR) is 207 cm³/mol. The van der Waals surface area contributed by atoms with E-state index < -0.39 is 88.1 Å². The smallest absolute Gasteiger partial charge is 0.407 e. The van der Waals surface area contributed by atoms with Crippen molar-refractivity contribution in [3.8, 4) is 0 Å². The molecule has 0 bridgehead atoms.